The molecule has 1 nitrogen and oxygen atoms in total. The van der Waals surface area contributed by atoms with E-state index in [1.165, 1.54) is 12.3 Å². The third-order valence-corrected chi connectivity index (χ3v) is 1.98. The van der Waals surface area contributed by atoms with Gasteiger partial charge in [-0.25, -0.2) is 4.98 Å². The van der Waals surface area contributed by atoms with Crippen LogP contribution in [0.4, 0.5) is 13.2 Å². The summed E-state index contributed by atoms with van der Waals surface area (Å²) in [6, 6.07) is 2.31. The quantitative estimate of drug-likeness (QED) is 0.636. The summed E-state index contributed by atoms with van der Waals surface area (Å²) in [5.41, 5.74) is -0.669. The molecule has 0 amide bonds. The molecule has 0 spiro atoms. The van der Waals surface area contributed by atoms with Crippen molar-refractivity contribution in [3.63, 3.8) is 0 Å². The average molecular weight is 193 g/mol. The molecule has 0 aliphatic carbocycles. The molecule has 0 saturated carbocycles. The summed E-state index contributed by atoms with van der Waals surface area (Å²) in [6.07, 6.45) is -1.38. The molecule has 0 aliphatic rings. The summed E-state index contributed by atoms with van der Waals surface area (Å²) in [5, 5.41) is 0.0185. The van der Waals surface area contributed by atoms with E-state index in [9.17, 15) is 13.2 Å². The predicted molar refractivity (Wildman–Crippen MR) is 41.0 cm³/mol. The van der Waals surface area contributed by atoms with E-state index < -0.39 is 11.7 Å². The van der Waals surface area contributed by atoms with Gasteiger partial charge in [-0.15, -0.1) is 11.8 Å². The van der Waals surface area contributed by atoms with E-state index in [4.69, 9.17) is 0 Å². The molecular formula is C7H6F3NS. The Kier molecular flexibility index (Phi) is 2.62. The van der Waals surface area contributed by atoms with Crippen LogP contribution in [0, 0.1) is 0 Å². The van der Waals surface area contributed by atoms with Gasteiger partial charge in [0, 0.05) is 6.20 Å². The Morgan fingerprint density at radius 3 is 2.50 bits per heavy atom. The van der Waals surface area contributed by atoms with Crippen LogP contribution in [0.15, 0.2) is 23.4 Å². The number of thioether (sulfide) groups is 1. The number of halogens is 3. The van der Waals surface area contributed by atoms with Crippen molar-refractivity contribution in [2.75, 3.05) is 6.26 Å². The minimum absolute atomic E-state index is 0.0185. The lowest BCUT2D eigenvalue weighted by Crippen LogP contribution is -2.07. The normalized spacial score (nSPS) is 11.7. The van der Waals surface area contributed by atoms with Crippen molar-refractivity contribution in [1.82, 2.24) is 4.98 Å². The second-order valence-electron chi connectivity index (χ2n) is 2.06. The van der Waals surface area contributed by atoms with Gasteiger partial charge >= 0.3 is 6.18 Å². The Hall–Kier alpha value is -0.710. The van der Waals surface area contributed by atoms with Crippen molar-refractivity contribution in [3.8, 4) is 0 Å². The predicted octanol–water partition coefficient (Wildman–Crippen LogP) is 2.82. The van der Waals surface area contributed by atoms with Crippen LogP contribution in [0.2, 0.25) is 0 Å². The summed E-state index contributed by atoms with van der Waals surface area (Å²) in [6.45, 7) is 0. The summed E-state index contributed by atoms with van der Waals surface area (Å²) in [7, 11) is 0. The largest absolute Gasteiger partial charge is 0.419 e. The Morgan fingerprint density at radius 2 is 2.08 bits per heavy atom. The average Bonchev–Trinajstić information content (AvgIpc) is 2.03. The number of pyridine rings is 1. The molecule has 0 radical (unpaired) electrons. The molecule has 0 bridgehead atoms. The molecule has 1 heterocycles. The number of rotatable bonds is 1. The maximum Gasteiger partial charge on any atom is 0.419 e. The Bertz CT molecular complexity index is 272. The number of alkyl halides is 3. The standard InChI is InChI=1S/C7H6F3NS/c1-12-6-5(7(8,9)10)3-2-4-11-6/h2-4H,1H3. The number of hydrogen-bond donors (Lipinski definition) is 0. The maximum atomic E-state index is 12.2. The highest BCUT2D eigenvalue weighted by molar-refractivity contribution is 7.98. The highest BCUT2D eigenvalue weighted by Crippen LogP contribution is 2.34. The Balaban J connectivity index is 3.14. The fraction of sp³-hybridized carbons (Fsp3) is 0.286. The second kappa shape index (κ2) is 3.35. The fourth-order valence-electron chi connectivity index (χ4n) is 0.769. The van der Waals surface area contributed by atoms with Crippen molar-refractivity contribution in [2.45, 2.75) is 11.2 Å². The zero-order valence-corrected chi connectivity index (χ0v) is 7.04. The lowest BCUT2D eigenvalue weighted by Gasteiger charge is -2.08. The van der Waals surface area contributed by atoms with Gasteiger partial charge in [-0.2, -0.15) is 13.2 Å². The van der Waals surface area contributed by atoms with E-state index in [0.29, 0.717) is 0 Å². The molecule has 1 aromatic heterocycles. The second-order valence-corrected chi connectivity index (χ2v) is 2.85. The summed E-state index contributed by atoms with van der Waals surface area (Å²) in [4.78, 5) is 3.61. The monoisotopic (exact) mass is 193 g/mol. The molecule has 0 unspecified atom stereocenters. The lowest BCUT2D eigenvalue weighted by molar-refractivity contribution is -0.140. The van der Waals surface area contributed by atoms with Gasteiger partial charge in [0.25, 0.3) is 0 Å². The van der Waals surface area contributed by atoms with Crippen LogP contribution in [0.1, 0.15) is 5.56 Å². The molecule has 12 heavy (non-hydrogen) atoms. The molecule has 0 aliphatic heterocycles. The highest BCUT2D eigenvalue weighted by Gasteiger charge is 2.33. The molecule has 0 N–H and O–H groups in total. The summed E-state index contributed by atoms with van der Waals surface area (Å²) < 4.78 is 36.5. The molecule has 0 saturated heterocycles. The van der Waals surface area contributed by atoms with Crippen LogP contribution in [0.25, 0.3) is 0 Å². The van der Waals surface area contributed by atoms with Crippen LogP contribution in [0.5, 0.6) is 0 Å². The van der Waals surface area contributed by atoms with Crippen molar-refractivity contribution in [1.29, 1.82) is 0 Å². The topological polar surface area (TPSA) is 12.9 Å². The molecule has 0 atom stereocenters. The van der Waals surface area contributed by atoms with Crippen LogP contribution >= 0.6 is 11.8 Å². The van der Waals surface area contributed by atoms with Gasteiger partial charge in [0.2, 0.25) is 0 Å². The van der Waals surface area contributed by atoms with E-state index >= 15 is 0 Å². The molecule has 66 valence electrons. The smallest absolute Gasteiger partial charge is 0.249 e. The van der Waals surface area contributed by atoms with Gasteiger partial charge in [-0.05, 0) is 18.4 Å². The molecule has 1 aromatic rings. The van der Waals surface area contributed by atoms with Gasteiger partial charge in [0.1, 0.15) is 5.03 Å². The number of hydrogen-bond acceptors (Lipinski definition) is 2. The van der Waals surface area contributed by atoms with E-state index in [-0.39, 0.29) is 5.03 Å². The SMILES string of the molecule is CSc1ncccc1C(F)(F)F. The Labute approximate surface area is 72.0 Å². The van der Waals surface area contributed by atoms with E-state index in [0.717, 1.165) is 17.8 Å². The zero-order chi connectivity index (χ0) is 9.19. The van der Waals surface area contributed by atoms with E-state index in [1.54, 1.807) is 6.26 Å². The minimum atomic E-state index is -4.30. The van der Waals surface area contributed by atoms with Gasteiger partial charge < -0.3 is 0 Å². The van der Waals surface area contributed by atoms with Crippen molar-refractivity contribution < 1.29 is 13.2 Å². The molecular weight excluding hydrogens is 187 g/mol. The van der Waals surface area contributed by atoms with Gasteiger partial charge in [-0.3, -0.25) is 0 Å². The summed E-state index contributed by atoms with van der Waals surface area (Å²) >= 11 is 0.991. The van der Waals surface area contributed by atoms with Crippen LogP contribution in [-0.4, -0.2) is 11.2 Å². The first-order valence-electron chi connectivity index (χ1n) is 3.12. The van der Waals surface area contributed by atoms with Crippen LogP contribution in [-0.2, 0) is 6.18 Å². The third kappa shape index (κ3) is 1.91. The molecule has 1 rings (SSSR count). The Morgan fingerprint density at radius 1 is 1.42 bits per heavy atom. The van der Waals surface area contributed by atoms with Gasteiger partial charge in [0.05, 0.1) is 5.56 Å². The highest BCUT2D eigenvalue weighted by atomic mass is 32.2. The minimum Gasteiger partial charge on any atom is -0.249 e. The van der Waals surface area contributed by atoms with E-state index in [1.807, 2.05) is 0 Å². The lowest BCUT2D eigenvalue weighted by atomic mass is 10.3. The van der Waals surface area contributed by atoms with Crippen molar-refractivity contribution in [3.05, 3.63) is 23.9 Å². The maximum absolute atomic E-state index is 12.2. The van der Waals surface area contributed by atoms with Gasteiger partial charge in [0.15, 0.2) is 0 Å². The fourth-order valence-corrected chi connectivity index (χ4v) is 1.34. The zero-order valence-electron chi connectivity index (χ0n) is 6.22. The first-order chi connectivity index (χ1) is 5.55. The van der Waals surface area contributed by atoms with Crippen LogP contribution in [0.3, 0.4) is 0 Å². The first kappa shape index (κ1) is 9.38. The van der Waals surface area contributed by atoms with Gasteiger partial charge in [-0.1, -0.05) is 0 Å². The first-order valence-corrected chi connectivity index (χ1v) is 4.34. The van der Waals surface area contributed by atoms with Crippen molar-refractivity contribution in [2.24, 2.45) is 0 Å². The number of nitrogens with zero attached hydrogens (tertiary/aromatic N) is 1. The number of aromatic nitrogens is 1. The molecule has 5 heteroatoms. The summed E-state index contributed by atoms with van der Waals surface area (Å²) in [5.74, 6) is 0. The molecule has 0 fully saturated rings. The molecule has 0 aromatic carbocycles. The van der Waals surface area contributed by atoms with E-state index in [2.05, 4.69) is 4.98 Å². The third-order valence-electron chi connectivity index (χ3n) is 1.27. The van der Waals surface area contributed by atoms with Crippen LogP contribution < -0.4 is 0 Å². The van der Waals surface area contributed by atoms with Crippen molar-refractivity contribution >= 4 is 11.8 Å².